The molecule has 1 heterocycles. The number of rotatable bonds is 0. The molecular formula is C10H9FN2. The number of nitrogens with two attached hydrogens (primary N) is 1. The van der Waals surface area contributed by atoms with Crippen LogP contribution in [0.15, 0.2) is 24.3 Å². The molecule has 0 aliphatic carbocycles. The first kappa shape index (κ1) is 7.98. The van der Waals surface area contributed by atoms with Gasteiger partial charge in [0.05, 0.1) is 0 Å². The van der Waals surface area contributed by atoms with E-state index in [4.69, 9.17) is 5.73 Å². The van der Waals surface area contributed by atoms with E-state index in [1.54, 1.807) is 25.1 Å². The van der Waals surface area contributed by atoms with Gasteiger partial charge in [0.25, 0.3) is 0 Å². The van der Waals surface area contributed by atoms with E-state index in [-0.39, 0.29) is 5.82 Å². The summed E-state index contributed by atoms with van der Waals surface area (Å²) in [6.45, 7) is 1.79. The quantitative estimate of drug-likeness (QED) is 0.668. The average Bonchev–Trinajstić information content (AvgIpc) is 2.07. The van der Waals surface area contributed by atoms with Crippen molar-refractivity contribution in [3.05, 3.63) is 35.8 Å². The second kappa shape index (κ2) is 2.69. The van der Waals surface area contributed by atoms with Gasteiger partial charge in [-0.3, -0.25) is 0 Å². The fraction of sp³-hybridized carbons (Fsp3) is 0.100. The molecule has 2 N–H and O–H groups in total. The maximum absolute atomic E-state index is 13.2. The van der Waals surface area contributed by atoms with Gasteiger partial charge in [0.1, 0.15) is 11.3 Å². The number of fused-ring (bicyclic) bond motifs is 1. The Morgan fingerprint density at radius 2 is 2.15 bits per heavy atom. The topological polar surface area (TPSA) is 38.9 Å². The molecule has 0 atom stereocenters. The predicted molar refractivity (Wildman–Crippen MR) is 50.9 cm³/mol. The third-order valence-electron chi connectivity index (χ3n) is 1.95. The molecule has 0 amide bonds. The highest BCUT2D eigenvalue weighted by Gasteiger charge is 2.04. The minimum atomic E-state index is -0.326. The van der Waals surface area contributed by atoms with Crippen molar-refractivity contribution in [3.8, 4) is 0 Å². The molecule has 0 bridgehead atoms. The second-order valence-electron chi connectivity index (χ2n) is 2.99. The number of benzene rings is 1. The van der Waals surface area contributed by atoms with Gasteiger partial charge in [-0.2, -0.15) is 0 Å². The number of anilines is 1. The number of para-hydroxylation sites is 1. The van der Waals surface area contributed by atoms with Crippen molar-refractivity contribution in [1.29, 1.82) is 0 Å². The Bertz CT molecular complexity index is 466. The second-order valence-corrected chi connectivity index (χ2v) is 2.99. The smallest absolute Gasteiger partial charge is 0.149 e. The highest BCUT2D eigenvalue weighted by molar-refractivity contribution is 5.90. The van der Waals surface area contributed by atoms with Gasteiger partial charge in [-0.25, -0.2) is 9.37 Å². The minimum Gasteiger partial charge on any atom is -0.398 e. The van der Waals surface area contributed by atoms with E-state index in [2.05, 4.69) is 4.98 Å². The number of nitrogens with zero attached hydrogens (tertiary/aromatic N) is 1. The van der Waals surface area contributed by atoms with Crippen LogP contribution in [0.25, 0.3) is 10.9 Å². The molecule has 2 nitrogen and oxygen atoms in total. The number of pyridine rings is 1. The number of halogens is 1. The molecular weight excluding hydrogens is 167 g/mol. The van der Waals surface area contributed by atoms with Crippen LogP contribution in [-0.2, 0) is 0 Å². The molecule has 0 radical (unpaired) electrons. The molecule has 0 unspecified atom stereocenters. The number of nitrogen functional groups attached to an aromatic ring is 1. The largest absolute Gasteiger partial charge is 0.398 e. The molecule has 0 saturated heterocycles. The molecule has 0 saturated carbocycles. The maximum atomic E-state index is 13.2. The zero-order valence-electron chi connectivity index (χ0n) is 7.21. The van der Waals surface area contributed by atoms with Crippen molar-refractivity contribution in [2.75, 3.05) is 5.73 Å². The van der Waals surface area contributed by atoms with Gasteiger partial charge in [0.2, 0.25) is 0 Å². The van der Waals surface area contributed by atoms with E-state index in [1.165, 1.54) is 6.07 Å². The van der Waals surface area contributed by atoms with Gasteiger partial charge in [-0.05, 0) is 19.1 Å². The van der Waals surface area contributed by atoms with Crippen molar-refractivity contribution in [1.82, 2.24) is 4.98 Å². The molecule has 0 fully saturated rings. The van der Waals surface area contributed by atoms with Crippen molar-refractivity contribution in [2.45, 2.75) is 6.92 Å². The zero-order valence-corrected chi connectivity index (χ0v) is 7.21. The third-order valence-corrected chi connectivity index (χ3v) is 1.95. The molecule has 0 aliphatic heterocycles. The first-order chi connectivity index (χ1) is 6.18. The monoisotopic (exact) mass is 176 g/mol. The summed E-state index contributed by atoms with van der Waals surface area (Å²) in [6.07, 6.45) is 0. The summed E-state index contributed by atoms with van der Waals surface area (Å²) in [6, 6.07) is 6.52. The predicted octanol–water partition coefficient (Wildman–Crippen LogP) is 2.26. The highest BCUT2D eigenvalue weighted by atomic mass is 19.1. The average molecular weight is 176 g/mol. The Balaban J connectivity index is 2.94. The number of hydrogen-bond acceptors (Lipinski definition) is 2. The van der Waals surface area contributed by atoms with E-state index in [0.29, 0.717) is 16.6 Å². The van der Waals surface area contributed by atoms with Gasteiger partial charge in [-0.1, -0.05) is 12.1 Å². The summed E-state index contributed by atoms with van der Waals surface area (Å²) < 4.78 is 13.2. The number of hydrogen-bond donors (Lipinski definition) is 1. The van der Waals surface area contributed by atoms with Crippen LogP contribution in [0.2, 0.25) is 0 Å². The molecule has 2 rings (SSSR count). The molecule has 3 heteroatoms. The molecule has 0 aliphatic rings. The van der Waals surface area contributed by atoms with Crippen LogP contribution < -0.4 is 5.73 Å². The summed E-state index contributed by atoms with van der Waals surface area (Å²) >= 11 is 0. The van der Waals surface area contributed by atoms with E-state index >= 15 is 0 Å². The molecule has 1 aromatic heterocycles. The van der Waals surface area contributed by atoms with Crippen LogP contribution in [0.3, 0.4) is 0 Å². The summed E-state index contributed by atoms with van der Waals surface area (Å²) in [5.41, 5.74) is 7.37. The fourth-order valence-electron chi connectivity index (χ4n) is 1.37. The van der Waals surface area contributed by atoms with E-state index < -0.39 is 0 Å². The van der Waals surface area contributed by atoms with Crippen molar-refractivity contribution < 1.29 is 4.39 Å². The molecule has 66 valence electrons. The van der Waals surface area contributed by atoms with E-state index in [9.17, 15) is 4.39 Å². The zero-order chi connectivity index (χ0) is 9.42. The van der Waals surface area contributed by atoms with Crippen LogP contribution in [0.5, 0.6) is 0 Å². The molecule has 13 heavy (non-hydrogen) atoms. The summed E-state index contributed by atoms with van der Waals surface area (Å²) in [4.78, 5) is 4.08. The highest BCUT2D eigenvalue weighted by Crippen LogP contribution is 2.21. The Morgan fingerprint density at radius 3 is 2.92 bits per heavy atom. The summed E-state index contributed by atoms with van der Waals surface area (Å²) in [5, 5.41) is 0.672. The Morgan fingerprint density at radius 1 is 1.38 bits per heavy atom. The lowest BCUT2D eigenvalue weighted by molar-refractivity contribution is 0.636. The van der Waals surface area contributed by atoms with E-state index in [0.717, 1.165) is 5.69 Å². The minimum absolute atomic E-state index is 0.326. The van der Waals surface area contributed by atoms with Gasteiger partial charge < -0.3 is 5.73 Å². The van der Waals surface area contributed by atoms with Gasteiger partial charge in [-0.15, -0.1) is 0 Å². The molecule has 0 spiro atoms. The van der Waals surface area contributed by atoms with E-state index in [1.807, 2.05) is 0 Å². The van der Waals surface area contributed by atoms with Gasteiger partial charge in [0, 0.05) is 16.8 Å². The summed E-state index contributed by atoms with van der Waals surface area (Å²) in [5.74, 6) is -0.326. The normalized spacial score (nSPS) is 10.6. The fourth-order valence-corrected chi connectivity index (χ4v) is 1.37. The van der Waals surface area contributed by atoms with Crippen LogP contribution >= 0.6 is 0 Å². The Kier molecular flexibility index (Phi) is 1.65. The van der Waals surface area contributed by atoms with Crippen molar-refractivity contribution in [2.24, 2.45) is 0 Å². The van der Waals surface area contributed by atoms with Crippen LogP contribution in [0, 0.1) is 12.7 Å². The number of aryl methyl sites for hydroxylation is 1. The van der Waals surface area contributed by atoms with Gasteiger partial charge >= 0.3 is 0 Å². The lowest BCUT2D eigenvalue weighted by Crippen LogP contribution is -1.93. The van der Waals surface area contributed by atoms with Crippen molar-refractivity contribution in [3.63, 3.8) is 0 Å². The standard InChI is InChI=1S/C10H9FN2/c1-6-5-9(12)7-3-2-4-8(11)10(7)13-6/h2-5H,1H3,(H2,12,13). The van der Waals surface area contributed by atoms with Crippen LogP contribution in [-0.4, -0.2) is 4.98 Å². The van der Waals surface area contributed by atoms with Crippen LogP contribution in [0.1, 0.15) is 5.69 Å². The van der Waals surface area contributed by atoms with Gasteiger partial charge in [0.15, 0.2) is 0 Å². The van der Waals surface area contributed by atoms with Crippen molar-refractivity contribution >= 4 is 16.6 Å². The maximum Gasteiger partial charge on any atom is 0.149 e. The summed E-state index contributed by atoms with van der Waals surface area (Å²) in [7, 11) is 0. The SMILES string of the molecule is Cc1cc(N)c2cccc(F)c2n1. The van der Waals surface area contributed by atoms with Crippen LogP contribution in [0.4, 0.5) is 10.1 Å². The molecule has 2 aromatic rings. The Labute approximate surface area is 75.2 Å². The Hall–Kier alpha value is -1.64. The molecule has 1 aromatic carbocycles. The lowest BCUT2D eigenvalue weighted by atomic mass is 10.1. The first-order valence-corrected chi connectivity index (χ1v) is 4.00. The first-order valence-electron chi connectivity index (χ1n) is 4.00. The lowest BCUT2D eigenvalue weighted by Gasteiger charge is -2.03. The number of aromatic nitrogens is 1. The third kappa shape index (κ3) is 1.22.